The molecule has 0 bridgehead atoms. The van der Waals surface area contributed by atoms with E-state index in [9.17, 15) is 8.42 Å². The molecule has 1 aliphatic rings. The minimum atomic E-state index is -3.46. The van der Waals surface area contributed by atoms with E-state index >= 15 is 0 Å². The van der Waals surface area contributed by atoms with E-state index in [1.807, 2.05) is 6.92 Å². The molecule has 0 aromatic heterocycles. The van der Waals surface area contributed by atoms with Gasteiger partial charge in [-0.05, 0) is 59.3 Å². The van der Waals surface area contributed by atoms with Crippen LogP contribution in [0.1, 0.15) is 25.3 Å². The second-order valence-corrected chi connectivity index (χ2v) is 8.31. The summed E-state index contributed by atoms with van der Waals surface area (Å²) in [6.07, 6.45) is 2.00. The number of piperidine rings is 1. The van der Waals surface area contributed by atoms with Crippen LogP contribution in [0.5, 0.6) is 0 Å². The van der Waals surface area contributed by atoms with Gasteiger partial charge in [-0.25, -0.2) is 8.42 Å². The first-order chi connectivity index (χ1) is 8.82. The highest BCUT2D eigenvalue weighted by Gasteiger charge is 2.30. The van der Waals surface area contributed by atoms with Gasteiger partial charge < -0.3 is 0 Å². The zero-order valence-corrected chi connectivity index (χ0v) is 14.1. The molecule has 106 valence electrons. The molecule has 0 unspecified atom stereocenters. The first-order valence-electron chi connectivity index (χ1n) is 6.28. The summed E-state index contributed by atoms with van der Waals surface area (Å²) < 4.78 is 27.4. The molecule has 19 heavy (non-hydrogen) atoms. The molecule has 1 aromatic rings. The number of rotatable bonds is 2. The van der Waals surface area contributed by atoms with Crippen molar-refractivity contribution in [2.45, 2.75) is 31.6 Å². The summed E-state index contributed by atoms with van der Waals surface area (Å²) in [5.74, 6) is 0.406. The lowest BCUT2D eigenvalue weighted by Gasteiger charge is -2.30. The van der Waals surface area contributed by atoms with E-state index in [0.717, 1.165) is 18.4 Å². The zero-order chi connectivity index (χ0) is 14.2. The maximum Gasteiger partial charge on any atom is 0.244 e. The Morgan fingerprint density at radius 1 is 1.42 bits per heavy atom. The quantitative estimate of drug-likeness (QED) is 0.797. The summed E-state index contributed by atoms with van der Waals surface area (Å²) in [4.78, 5) is 0.261. The maximum atomic E-state index is 12.7. The summed E-state index contributed by atoms with van der Waals surface area (Å²) in [5, 5.41) is 0.479. The van der Waals surface area contributed by atoms with Gasteiger partial charge in [0.1, 0.15) is 0 Å². The topological polar surface area (TPSA) is 37.4 Å². The lowest BCUT2D eigenvalue weighted by atomic mass is 10.0. The average molecular weight is 367 g/mol. The summed E-state index contributed by atoms with van der Waals surface area (Å²) in [6.45, 7) is 5.11. The highest BCUT2D eigenvalue weighted by atomic mass is 79.9. The Morgan fingerprint density at radius 2 is 2.11 bits per heavy atom. The number of nitrogens with zero attached hydrogens (tertiary/aromatic N) is 1. The normalized spacial score (nSPS) is 21.6. The Labute approximate surface area is 128 Å². The Bertz CT molecular complexity index is 589. The number of aryl methyl sites for hydroxylation is 1. The lowest BCUT2D eigenvalue weighted by Crippen LogP contribution is -2.39. The van der Waals surface area contributed by atoms with E-state index in [1.165, 1.54) is 6.07 Å². The summed E-state index contributed by atoms with van der Waals surface area (Å²) in [5.41, 5.74) is 0.861. The van der Waals surface area contributed by atoms with Crippen LogP contribution < -0.4 is 0 Å². The van der Waals surface area contributed by atoms with Crippen LogP contribution in [0.3, 0.4) is 0 Å². The molecular weight excluding hydrogens is 350 g/mol. The van der Waals surface area contributed by atoms with Crippen LogP contribution in [-0.4, -0.2) is 25.8 Å². The van der Waals surface area contributed by atoms with Gasteiger partial charge in [-0.15, -0.1) is 0 Å². The van der Waals surface area contributed by atoms with Gasteiger partial charge in [-0.1, -0.05) is 18.5 Å². The Hall–Kier alpha value is -0.100. The Balaban J connectivity index is 2.42. The molecule has 0 spiro atoms. The second kappa shape index (κ2) is 5.72. The van der Waals surface area contributed by atoms with Gasteiger partial charge in [0.05, 0.1) is 4.90 Å². The molecular formula is C13H17BrClNO2S. The Kier molecular flexibility index (Phi) is 4.60. The molecule has 0 aliphatic carbocycles. The third kappa shape index (κ3) is 3.15. The SMILES string of the molecule is Cc1cc(Br)c(S(=O)(=O)N2CCC[C@H](C)C2)cc1Cl. The van der Waals surface area contributed by atoms with E-state index in [0.29, 0.717) is 28.5 Å². The monoisotopic (exact) mass is 365 g/mol. The van der Waals surface area contributed by atoms with Crippen molar-refractivity contribution >= 4 is 37.6 Å². The molecule has 0 radical (unpaired) electrons. The van der Waals surface area contributed by atoms with Crippen molar-refractivity contribution in [1.29, 1.82) is 0 Å². The van der Waals surface area contributed by atoms with Crippen LogP contribution in [0.2, 0.25) is 5.02 Å². The first kappa shape index (κ1) is 15.3. The van der Waals surface area contributed by atoms with Crippen molar-refractivity contribution in [1.82, 2.24) is 4.31 Å². The molecule has 6 heteroatoms. The molecule has 0 saturated carbocycles. The second-order valence-electron chi connectivity index (χ2n) is 5.14. The summed E-state index contributed by atoms with van der Waals surface area (Å²) >= 11 is 9.39. The van der Waals surface area contributed by atoms with E-state index in [-0.39, 0.29) is 4.90 Å². The third-order valence-corrected chi connectivity index (χ3v) is 6.68. The molecule has 1 aliphatic heterocycles. The molecule has 1 heterocycles. The van der Waals surface area contributed by atoms with Crippen LogP contribution in [-0.2, 0) is 10.0 Å². The van der Waals surface area contributed by atoms with Crippen LogP contribution in [0, 0.1) is 12.8 Å². The van der Waals surface area contributed by atoms with Gasteiger partial charge >= 0.3 is 0 Å². The average Bonchev–Trinajstić information content (AvgIpc) is 2.33. The van der Waals surface area contributed by atoms with Gasteiger partial charge in [0.15, 0.2) is 0 Å². The molecule has 1 atom stereocenters. The highest BCUT2D eigenvalue weighted by Crippen LogP contribution is 2.32. The van der Waals surface area contributed by atoms with Crippen molar-refractivity contribution in [3.63, 3.8) is 0 Å². The fourth-order valence-corrected chi connectivity index (χ4v) is 5.30. The van der Waals surface area contributed by atoms with Gasteiger partial charge in [0.2, 0.25) is 10.0 Å². The van der Waals surface area contributed by atoms with Gasteiger partial charge in [0.25, 0.3) is 0 Å². The Morgan fingerprint density at radius 3 is 2.74 bits per heavy atom. The van der Waals surface area contributed by atoms with Gasteiger partial charge in [0, 0.05) is 22.6 Å². The number of halogens is 2. The smallest absolute Gasteiger partial charge is 0.207 e. The standard InChI is InChI=1S/C13H17BrClNO2S/c1-9-4-3-5-16(8-9)19(17,18)13-7-12(15)10(2)6-11(13)14/h6-7,9H,3-5,8H2,1-2H3/t9-/m0/s1. The predicted molar refractivity (Wildman–Crippen MR) is 81.0 cm³/mol. The first-order valence-corrected chi connectivity index (χ1v) is 8.89. The van der Waals surface area contributed by atoms with E-state index in [2.05, 4.69) is 22.9 Å². The summed E-state index contributed by atoms with van der Waals surface area (Å²) in [7, 11) is -3.46. The van der Waals surface area contributed by atoms with Crippen LogP contribution in [0.25, 0.3) is 0 Å². The maximum absolute atomic E-state index is 12.7. The van der Waals surface area contributed by atoms with Crippen LogP contribution in [0.4, 0.5) is 0 Å². The summed E-state index contributed by atoms with van der Waals surface area (Å²) in [6, 6.07) is 3.29. The van der Waals surface area contributed by atoms with Crippen LogP contribution in [0.15, 0.2) is 21.5 Å². The molecule has 1 aromatic carbocycles. The fraction of sp³-hybridized carbons (Fsp3) is 0.538. The number of sulfonamides is 1. The molecule has 0 N–H and O–H groups in total. The van der Waals surface area contributed by atoms with E-state index in [4.69, 9.17) is 11.6 Å². The number of hydrogen-bond donors (Lipinski definition) is 0. The van der Waals surface area contributed by atoms with E-state index in [1.54, 1.807) is 10.4 Å². The largest absolute Gasteiger partial charge is 0.244 e. The third-order valence-electron chi connectivity index (χ3n) is 3.45. The van der Waals surface area contributed by atoms with Crippen molar-refractivity contribution in [3.8, 4) is 0 Å². The van der Waals surface area contributed by atoms with Crippen molar-refractivity contribution in [2.75, 3.05) is 13.1 Å². The molecule has 1 fully saturated rings. The van der Waals surface area contributed by atoms with E-state index < -0.39 is 10.0 Å². The van der Waals surface area contributed by atoms with Crippen molar-refractivity contribution in [2.24, 2.45) is 5.92 Å². The fourth-order valence-electron chi connectivity index (χ4n) is 2.33. The molecule has 1 saturated heterocycles. The molecule has 3 nitrogen and oxygen atoms in total. The highest BCUT2D eigenvalue weighted by molar-refractivity contribution is 9.10. The molecule has 2 rings (SSSR count). The van der Waals surface area contributed by atoms with Gasteiger partial charge in [-0.3, -0.25) is 0 Å². The molecule has 0 amide bonds. The predicted octanol–water partition coefficient (Wildman–Crippen LogP) is 3.83. The van der Waals surface area contributed by atoms with Crippen molar-refractivity contribution < 1.29 is 8.42 Å². The number of benzene rings is 1. The van der Waals surface area contributed by atoms with Gasteiger partial charge in [-0.2, -0.15) is 4.31 Å². The van der Waals surface area contributed by atoms with Crippen LogP contribution >= 0.6 is 27.5 Å². The minimum Gasteiger partial charge on any atom is -0.207 e. The zero-order valence-electron chi connectivity index (χ0n) is 11.0. The lowest BCUT2D eigenvalue weighted by molar-refractivity contribution is 0.281. The minimum absolute atomic E-state index is 0.261. The van der Waals surface area contributed by atoms with Crippen molar-refractivity contribution in [3.05, 3.63) is 27.2 Å². The number of hydrogen-bond acceptors (Lipinski definition) is 2.